The maximum atomic E-state index is 5.79. The first-order chi connectivity index (χ1) is 5.47. The van der Waals surface area contributed by atoms with Gasteiger partial charge in [0.1, 0.15) is 0 Å². The fraction of sp³-hybridized carbons (Fsp3) is 0.556. The molecule has 0 spiro atoms. The molecule has 0 aromatic heterocycles. The van der Waals surface area contributed by atoms with Crippen LogP contribution in [-0.4, -0.2) is 15.6 Å². The second-order valence-electron chi connectivity index (χ2n) is 3.23. The molecule has 1 fully saturated rings. The summed E-state index contributed by atoms with van der Waals surface area (Å²) in [6.45, 7) is 1.02. The van der Waals surface area contributed by atoms with Crippen LogP contribution in [0.25, 0.3) is 0 Å². The summed E-state index contributed by atoms with van der Waals surface area (Å²) in [6, 6.07) is 1.37. The minimum Gasteiger partial charge on any atom is -0.416 e. The highest BCUT2D eigenvalue weighted by Crippen LogP contribution is 2.22. The summed E-state index contributed by atoms with van der Waals surface area (Å²) < 4.78 is 5.79. The average Bonchev–Trinajstić information content (AvgIpc) is 2.58. The van der Waals surface area contributed by atoms with Crippen LogP contribution in [0, 0.1) is 0 Å². The van der Waals surface area contributed by atoms with Crippen LogP contribution in [-0.2, 0) is 4.43 Å². The van der Waals surface area contributed by atoms with Crippen LogP contribution in [0.5, 0.6) is 0 Å². The molecule has 1 aliphatic heterocycles. The van der Waals surface area contributed by atoms with E-state index in [1.54, 1.807) is 5.20 Å². The first-order valence-electron chi connectivity index (χ1n) is 4.44. The highest BCUT2D eigenvalue weighted by molar-refractivity contribution is 6.60. The van der Waals surface area contributed by atoms with Crippen molar-refractivity contribution in [3.8, 4) is 0 Å². The van der Waals surface area contributed by atoms with Gasteiger partial charge in [-0.05, 0) is 18.9 Å². The molecule has 0 N–H and O–H groups in total. The van der Waals surface area contributed by atoms with Crippen LogP contribution in [0.3, 0.4) is 0 Å². The van der Waals surface area contributed by atoms with Crippen molar-refractivity contribution in [3.63, 3.8) is 0 Å². The van der Waals surface area contributed by atoms with E-state index >= 15 is 0 Å². The molecule has 0 radical (unpaired) electrons. The zero-order chi connectivity index (χ0) is 7.52. The minimum absolute atomic E-state index is 0.880. The first kappa shape index (κ1) is 7.31. The molecule has 1 aliphatic carbocycles. The van der Waals surface area contributed by atoms with Crippen molar-refractivity contribution in [2.45, 2.75) is 25.3 Å². The van der Waals surface area contributed by atoms with Gasteiger partial charge in [0.2, 0.25) is 9.04 Å². The fourth-order valence-electron chi connectivity index (χ4n) is 1.74. The molecule has 11 heavy (non-hydrogen) atoms. The third kappa shape index (κ3) is 1.63. The SMILES string of the molecule is C1=CCC([SiH]2CCCCO2)=C1. The summed E-state index contributed by atoms with van der Waals surface area (Å²) in [6.07, 6.45) is 10.5. The van der Waals surface area contributed by atoms with Gasteiger partial charge in [-0.2, -0.15) is 0 Å². The Labute approximate surface area is 69.5 Å². The summed E-state index contributed by atoms with van der Waals surface area (Å²) in [7, 11) is -0.880. The third-order valence-corrected chi connectivity index (χ3v) is 5.22. The van der Waals surface area contributed by atoms with Gasteiger partial charge in [-0.1, -0.05) is 29.8 Å². The summed E-state index contributed by atoms with van der Waals surface area (Å²) in [5.74, 6) is 0. The molecule has 0 bridgehead atoms. The van der Waals surface area contributed by atoms with Crippen LogP contribution in [0.1, 0.15) is 19.3 Å². The first-order valence-corrected chi connectivity index (χ1v) is 6.30. The molecule has 2 heteroatoms. The van der Waals surface area contributed by atoms with Gasteiger partial charge in [0.05, 0.1) is 0 Å². The summed E-state index contributed by atoms with van der Waals surface area (Å²) >= 11 is 0. The van der Waals surface area contributed by atoms with E-state index in [9.17, 15) is 0 Å². The molecule has 0 saturated carbocycles. The standard InChI is InChI=1S/C9H14OSi/c1-2-6-9(5-1)11-8-4-3-7-10-11/h1-2,5,11H,3-4,6-8H2. The van der Waals surface area contributed by atoms with Gasteiger partial charge in [-0.3, -0.25) is 0 Å². The van der Waals surface area contributed by atoms with Crippen molar-refractivity contribution in [2.24, 2.45) is 0 Å². The number of allylic oxidation sites excluding steroid dienone is 4. The van der Waals surface area contributed by atoms with Gasteiger partial charge in [-0.25, -0.2) is 0 Å². The molecular weight excluding hydrogens is 152 g/mol. The smallest absolute Gasteiger partial charge is 0.204 e. The molecule has 60 valence electrons. The van der Waals surface area contributed by atoms with Gasteiger partial charge in [-0.15, -0.1) is 0 Å². The van der Waals surface area contributed by atoms with Crippen LogP contribution >= 0.6 is 0 Å². The molecule has 0 aromatic rings. The zero-order valence-electron chi connectivity index (χ0n) is 6.75. The Morgan fingerprint density at radius 3 is 3.00 bits per heavy atom. The maximum absolute atomic E-state index is 5.79. The number of hydrogen-bond acceptors (Lipinski definition) is 1. The summed E-state index contributed by atoms with van der Waals surface area (Å²) in [5.41, 5.74) is 0. The molecule has 2 rings (SSSR count). The fourth-order valence-corrected chi connectivity index (χ4v) is 4.32. The Balaban J connectivity index is 1.93. The van der Waals surface area contributed by atoms with E-state index in [2.05, 4.69) is 18.2 Å². The predicted molar refractivity (Wildman–Crippen MR) is 49.0 cm³/mol. The summed E-state index contributed by atoms with van der Waals surface area (Å²) in [4.78, 5) is 0. The van der Waals surface area contributed by atoms with E-state index in [0.29, 0.717) is 0 Å². The quantitative estimate of drug-likeness (QED) is 0.541. The van der Waals surface area contributed by atoms with E-state index in [1.807, 2.05) is 0 Å². The van der Waals surface area contributed by atoms with Crippen molar-refractivity contribution >= 4 is 9.04 Å². The second kappa shape index (κ2) is 3.37. The Morgan fingerprint density at radius 1 is 1.36 bits per heavy atom. The van der Waals surface area contributed by atoms with E-state index in [-0.39, 0.29) is 0 Å². The van der Waals surface area contributed by atoms with Crippen LogP contribution < -0.4 is 0 Å². The van der Waals surface area contributed by atoms with Gasteiger partial charge in [0.15, 0.2) is 0 Å². The Bertz CT molecular complexity index is 190. The number of rotatable bonds is 1. The van der Waals surface area contributed by atoms with E-state index in [1.165, 1.54) is 25.3 Å². The van der Waals surface area contributed by atoms with E-state index in [4.69, 9.17) is 4.43 Å². The van der Waals surface area contributed by atoms with Crippen molar-refractivity contribution in [2.75, 3.05) is 6.61 Å². The lowest BCUT2D eigenvalue weighted by Crippen LogP contribution is -2.25. The molecule has 1 nitrogen and oxygen atoms in total. The molecule has 1 unspecified atom stereocenters. The molecule has 2 aliphatic rings. The van der Waals surface area contributed by atoms with Crippen LogP contribution in [0.4, 0.5) is 0 Å². The number of hydrogen-bond donors (Lipinski definition) is 0. The van der Waals surface area contributed by atoms with Crippen LogP contribution in [0.15, 0.2) is 23.4 Å². The highest BCUT2D eigenvalue weighted by atomic mass is 28.3. The third-order valence-electron chi connectivity index (χ3n) is 2.39. The Kier molecular flexibility index (Phi) is 2.24. The Hall–Kier alpha value is -0.343. The van der Waals surface area contributed by atoms with Crippen molar-refractivity contribution in [1.29, 1.82) is 0 Å². The van der Waals surface area contributed by atoms with E-state index in [0.717, 1.165) is 6.61 Å². The van der Waals surface area contributed by atoms with Gasteiger partial charge in [0, 0.05) is 6.61 Å². The van der Waals surface area contributed by atoms with Crippen molar-refractivity contribution in [3.05, 3.63) is 23.4 Å². The molecule has 0 aromatic carbocycles. The van der Waals surface area contributed by atoms with Gasteiger partial charge in [0.25, 0.3) is 0 Å². The average molecular weight is 166 g/mol. The zero-order valence-corrected chi connectivity index (χ0v) is 7.91. The normalized spacial score (nSPS) is 30.5. The lowest BCUT2D eigenvalue weighted by molar-refractivity contribution is 0.291. The molecule has 1 saturated heterocycles. The van der Waals surface area contributed by atoms with Crippen molar-refractivity contribution in [1.82, 2.24) is 0 Å². The van der Waals surface area contributed by atoms with Gasteiger partial charge < -0.3 is 4.43 Å². The highest BCUT2D eigenvalue weighted by Gasteiger charge is 2.20. The largest absolute Gasteiger partial charge is 0.416 e. The van der Waals surface area contributed by atoms with Crippen LogP contribution in [0.2, 0.25) is 6.04 Å². The molecule has 1 heterocycles. The second-order valence-corrected chi connectivity index (χ2v) is 5.86. The Morgan fingerprint density at radius 2 is 2.36 bits per heavy atom. The lowest BCUT2D eigenvalue weighted by atomic mass is 10.4. The maximum Gasteiger partial charge on any atom is 0.204 e. The predicted octanol–water partition coefficient (Wildman–Crippen LogP) is 1.95. The molecule has 1 atom stereocenters. The molecular formula is C9H14OSi. The van der Waals surface area contributed by atoms with Gasteiger partial charge >= 0.3 is 0 Å². The monoisotopic (exact) mass is 166 g/mol. The van der Waals surface area contributed by atoms with Crippen molar-refractivity contribution < 1.29 is 4.43 Å². The lowest BCUT2D eigenvalue weighted by Gasteiger charge is -2.21. The minimum atomic E-state index is -0.880. The van der Waals surface area contributed by atoms with E-state index < -0.39 is 9.04 Å². The topological polar surface area (TPSA) is 9.23 Å². The summed E-state index contributed by atoms with van der Waals surface area (Å²) in [5, 5.41) is 1.62. The molecule has 0 amide bonds.